The van der Waals surface area contributed by atoms with E-state index >= 15 is 0 Å². The van der Waals surface area contributed by atoms with Crippen molar-refractivity contribution in [1.82, 2.24) is 4.98 Å². The zero-order valence-corrected chi connectivity index (χ0v) is 9.95. The van der Waals surface area contributed by atoms with Crippen molar-refractivity contribution < 1.29 is 14.3 Å². The fourth-order valence-corrected chi connectivity index (χ4v) is 2.00. The van der Waals surface area contributed by atoms with Crippen LogP contribution in [0.3, 0.4) is 0 Å². The fraction of sp³-hybridized carbons (Fsp3) is 0.286. The van der Waals surface area contributed by atoms with Gasteiger partial charge in [-0.05, 0) is 42.2 Å². The number of hydrogen-bond donors (Lipinski definition) is 1. The summed E-state index contributed by atoms with van der Waals surface area (Å²) in [7, 11) is 0. The number of nitrogens with zero attached hydrogens (tertiary/aromatic N) is 1. The molecular weight excluding hydrogens is 230 g/mol. The van der Waals surface area contributed by atoms with Crippen LogP contribution in [0.25, 0.3) is 0 Å². The minimum absolute atomic E-state index is 0.00407. The molecule has 4 nitrogen and oxygen atoms in total. The van der Waals surface area contributed by atoms with Crippen LogP contribution in [0, 0.1) is 0 Å². The predicted octanol–water partition coefficient (Wildman–Crippen LogP) is 2.87. The fourth-order valence-electron chi connectivity index (χ4n) is 2.00. The van der Waals surface area contributed by atoms with Crippen molar-refractivity contribution in [3.8, 4) is 0 Å². The van der Waals surface area contributed by atoms with Crippen LogP contribution in [0.15, 0.2) is 47.3 Å². The molecule has 0 aromatic carbocycles. The third-order valence-electron chi connectivity index (χ3n) is 2.92. The quantitative estimate of drug-likeness (QED) is 0.850. The number of aromatic nitrogens is 1. The molecule has 0 amide bonds. The van der Waals surface area contributed by atoms with Crippen molar-refractivity contribution in [3.63, 3.8) is 0 Å². The van der Waals surface area contributed by atoms with Gasteiger partial charge in [0.15, 0.2) is 0 Å². The molecule has 0 bridgehead atoms. The summed E-state index contributed by atoms with van der Waals surface area (Å²) in [6, 6.07) is 7.49. The minimum Gasteiger partial charge on any atom is -0.481 e. The Morgan fingerprint density at radius 1 is 1.33 bits per heavy atom. The first-order valence-corrected chi connectivity index (χ1v) is 5.90. The van der Waals surface area contributed by atoms with Gasteiger partial charge in [-0.25, -0.2) is 0 Å². The third-order valence-corrected chi connectivity index (χ3v) is 2.92. The van der Waals surface area contributed by atoms with E-state index in [4.69, 9.17) is 9.52 Å². The van der Waals surface area contributed by atoms with Gasteiger partial charge in [0, 0.05) is 18.8 Å². The topological polar surface area (TPSA) is 63.3 Å². The number of furan rings is 1. The van der Waals surface area contributed by atoms with E-state index in [0.29, 0.717) is 0 Å². The molecule has 2 aromatic heterocycles. The van der Waals surface area contributed by atoms with Gasteiger partial charge in [0.1, 0.15) is 5.76 Å². The summed E-state index contributed by atoms with van der Waals surface area (Å²) in [5.74, 6) is 0.103. The van der Waals surface area contributed by atoms with Crippen molar-refractivity contribution in [2.24, 2.45) is 0 Å². The highest BCUT2D eigenvalue weighted by molar-refractivity contribution is 5.68. The lowest BCUT2D eigenvalue weighted by Crippen LogP contribution is -2.07. The average Bonchev–Trinajstić information content (AvgIpc) is 2.88. The van der Waals surface area contributed by atoms with Crippen LogP contribution in [0.1, 0.15) is 30.1 Å². The summed E-state index contributed by atoms with van der Waals surface area (Å²) in [6.45, 7) is 0. The van der Waals surface area contributed by atoms with E-state index in [-0.39, 0.29) is 12.3 Å². The Bertz CT molecular complexity index is 479. The van der Waals surface area contributed by atoms with Gasteiger partial charge >= 0.3 is 5.97 Å². The van der Waals surface area contributed by atoms with E-state index in [1.807, 2.05) is 24.3 Å². The van der Waals surface area contributed by atoms with Crippen molar-refractivity contribution in [2.45, 2.75) is 25.2 Å². The molecule has 0 radical (unpaired) electrons. The second-order valence-corrected chi connectivity index (χ2v) is 4.19. The monoisotopic (exact) mass is 245 g/mol. The number of pyridine rings is 1. The first-order chi connectivity index (χ1) is 8.75. The van der Waals surface area contributed by atoms with Gasteiger partial charge in [0.2, 0.25) is 0 Å². The van der Waals surface area contributed by atoms with Crippen molar-refractivity contribution in [3.05, 3.63) is 54.2 Å². The molecular formula is C14H15NO3. The van der Waals surface area contributed by atoms with E-state index in [9.17, 15) is 4.79 Å². The van der Waals surface area contributed by atoms with Crippen LogP contribution in [-0.4, -0.2) is 16.1 Å². The molecule has 1 unspecified atom stereocenters. The Morgan fingerprint density at radius 3 is 2.72 bits per heavy atom. The SMILES string of the molecule is O=C(O)CC(CCc1ccco1)c1ccncc1. The summed E-state index contributed by atoms with van der Waals surface area (Å²) < 4.78 is 5.26. The predicted molar refractivity (Wildman–Crippen MR) is 66.3 cm³/mol. The number of hydrogen-bond acceptors (Lipinski definition) is 3. The Hall–Kier alpha value is -2.10. The first kappa shape index (κ1) is 12.4. The Kier molecular flexibility index (Phi) is 4.12. The van der Waals surface area contributed by atoms with Crippen molar-refractivity contribution in [2.75, 3.05) is 0 Å². The van der Waals surface area contributed by atoms with Gasteiger partial charge in [-0.2, -0.15) is 0 Å². The maximum atomic E-state index is 10.9. The summed E-state index contributed by atoms with van der Waals surface area (Å²) in [6.07, 6.45) is 6.64. The van der Waals surface area contributed by atoms with Gasteiger partial charge in [-0.3, -0.25) is 9.78 Å². The molecule has 1 N–H and O–H groups in total. The number of aryl methyl sites for hydroxylation is 1. The largest absolute Gasteiger partial charge is 0.481 e. The van der Waals surface area contributed by atoms with Crippen LogP contribution >= 0.6 is 0 Å². The maximum absolute atomic E-state index is 10.9. The average molecular weight is 245 g/mol. The molecule has 0 fully saturated rings. The lowest BCUT2D eigenvalue weighted by molar-refractivity contribution is -0.137. The molecule has 0 spiro atoms. The van der Waals surface area contributed by atoms with Crippen LogP contribution in [0.2, 0.25) is 0 Å². The van der Waals surface area contributed by atoms with Gasteiger partial charge in [-0.1, -0.05) is 0 Å². The highest BCUT2D eigenvalue weighted by Crippen LogP contribution is 2.25. The van der Waals surface area contributed by atoms with Crippen LogP contribution in [0.4, 0.5) is 0 Å². The molecule has 1 atom stereocenters. The summed E-state index contributed by atoms with van der Waals surface area (Å²) in [5.41, 5.74) is 1.01. The molecule has 0 saturated heterocycles. The van der Waals surface area contributed by atoms with E-state index in [0.717, 1.165) is 24.2 Å². The smallest absolute Gasteiger partial charge is 0.303 e. The standard InChI is InChI=1S/C14H15NO3/c16-14(17)10-12(11-5-7-15-8-6-11)3-4-13-2-1-9-18-13/h1-2,5-9,12H,3-4,10H2,(H,16,17). The molecule has 0 saturated carbocycles. The molecule has 0 aliphatic carbocycles. The van der Waals surface area contributed by atoms with Crippen molar-refractivity contribution in [1.29, 1.82) is 0 Å². The van der Waals surface area contributed by atoms with Crippen molar-refractivity contribution >= 4 is 5.97 Å². The molecule has 2 aromatic rings. The normalized spacial score (nSPS) is 12.2. The lowest BCUT2D eigenvalue weighted by atomic mass is 9.91. The second kappa shape index (κ2) is 6.00. The summed E-state index contributed by atoms with van der Waals surface area (Å²) in [5, 5.41) is 8.96. The molecule has 2 heterocycles. The van der Waals surface area contributed by atoms with Crippen LogP contribution in [-0.2, 0) is 11.2 Å². The van der Waals surface area contributed by atoms with E-state index in [2.05, 4.69) is 4.98 Å². The Morgan fingerprint density at radius 2 is 2.11 bits per heavy atom. The van der Waals surface area contributed by atoms with Gasteiger partial charge < -0.3 is 9.52 Å². The number of carbonyl (C=O) groups is 1. The molecule has 0 aliphatic rings. The number of aliphatic carboxylic acids is 1. The van der Waals surface area contributed by atoms with E-state index < -0.39 is 5.97 Å². The summed E-state index contributed by atoms with van der Waals surface area (Å²) in [4.78, 5) is 14.9. The highest BCUT2D eigenvalue weighted by atomic mass is 16.4. The molecule has 94 valence electrons. The number of rotatable bonds is 6. The number of carboxylic acid groups (broad SMARTS) is 1. The van der Waals surface area contributed by atoms with Crippen LogP contribution < -0.4 is 0 Å². The molecule has 18 heavy (non-hydrogen) atoms. The van der Waals surface area contributed by atoms with Gasteiger partial charge in [-0.15, -0.1) is 0 Å². The molecule has 2 rings (SSSR count). The van der Waals surface area contributed by atoms with Gasteiger partial charge in [0.25, 0.3) is 0 Å². The minimum atomic E-state index is -0.781. The van der Waals surface area contributed by atoms with E-state index in [1.54, 1.807) is 18.7 Å². The zero-order chi connectivity index (χ0) is 12.8. The van der Waals surface area contributed by atoms with E-state index in [1.165, 1.54) is 0 Å². The lowest BCUT2D eigenvalue weighted by Gasteiger charge is -2.14. The van der Waals surface area contributed by atoms with Crippen LogP contribution in [0.5, 0.6) is 0 Å². The Balaban J connectivity index is 2.03. The molecule has 4 heteroatoms. The first-order valence-electron chi connectivity index (χ1n) is 5.90. The number of carboxylic acids is 1. The zero-order valence-electron chi connectivity index (χ0n) is 9.95. The molecule has 0 aliphatic heterocycles. The third kappa shape index (κ3) is 3.45. The Labute approximate surface area is 105 Å². The summed E-state index contributed by atoms with van der Waals surface area (Å²) >= 11 is 0. The second-order valence-electron chi connectivity index (χ2n) is 4.19. The van der Waals surface area contributed by atoms with Gasteiger partial charge in [0.05, 0.1) is 12.7 Å². The highest BCUT2D eigenvalue weighted by Gasteiger charge is 2.16. The maximum Gasteiger partial charge on any atom is 0.303 e.